The zero-order valence-electron chi connectivity index (χ0n) is 18.6. The monoisotopic (exact) mass is 444 g/mol. The summed E-state index contributed by atoms with van der Waals surface area (Å²) in [5.41, 5.74) is 1.13. The van der Waals surface area contributed by atoms with Gasteiger partial charge < -0.3 is 10.2 Å². The standard InChI is InChI=1S/C22H32N6O2S/c1-4-6-9-21(28-13-7-12-22(15-23,16-28)31(3,29)30)25-19(8-5-2)24-20-14-18(26-27-20)17-10-11-17/h5,8-9,14,17H,4,6-7,10-13,16H2,1-3H3,(H2,24,25,26,27)/b8-5-,21-9-. The molecule has 2 N–H and O–H groups in total. The SMILES string of the molecule is C\C=C/C(=N\C(=C\CCC)N1CCCC(C#N)(S(C)(=O)=O)C1)Nc1cc(C2CC2)[nH]n1. The third-order valence-electron chi connectivity index (χ3n) is 5.74. The van der Waals surface area contributed by atoms with E-state index in [1.54, 1.807) is 0 Å². The van der Waals surface area contributed by atoms with E-state index in [2.05, 4.69) is 28.5 Å². The molecular weight excluding hydrogens is 412 g/mol. The van der Waals surface area contributed by atoms with Gasteiger partial charge in [-0.15, -0.1) is 0 Å². The maximum atomic E-state index is 12.4. The highest BCUT2D eigenvalue weighted by Gasteiger charge is 2.45. The van der Waals surface area contributed by atoms with Crippen LogP contribution < -0.4 is 5.32 Å². The second kappa shape index (κ2) is 9.69. The Hall–Kier alpha value is -2.60. The molecule has 2 heterocycles. The molecule has 9 heteroatoms. The van der Waals surface area contributed by atoms with Crippen LogP contribution in [0.3, 0.4) is 0 Å². The molecule has 1 unspecified atom stereocenters. The fourth-order valence-electron chi connectivity index (χ4n) is 3.74. The number of H-pyrrole nitrogens is 1. The molecule has 1 aliphatic heterocycles. The number of hydrogen-bond donors (Lipinski definition) is 2. The molecule has 1 aliphatic carbocycles. The van der Waals surface area contributed by atoms with Gasteiger partial charge in [-0.3, -0.25) is 5.10 Å². The maximum absolute atomic E-state index is 12.4. The minimum absolute atomic E-state index is 0.124. The molecular formula is C22H32N6O2S. The highest BCUT2D eigenvalue weighted by Crippen LogP contribution is 2.39. The van der Waals surface area contributed by atoms with Gasteiger partial charge in [0, 0.05) is 30.5 Å². The third kappa shape index (κ3) is 5.56. The Morgan fingerprint density at radius 3 is 2.90 bits per heavy atom. The molecule has 2 fully saturated rings. The Morgan fingerprint density at radius 2 is 2.29 bits per heavy atom. The van der Waals surface area contributed by atoms with Crippen LogP contribution in [0.2, 0.25) is 0 Å². The molecule has 0 bridgehead atoms. The van der Waals surface area contributed by atoms with Crippen molar-refractivity contribution in [1.82, 2.24) is 15.1 Å². The van der Waals surface area contributed by atoms with E-state index in [0.717, 1.165) is 24.8 Å². The number of aliphatic imine (C=N–C) groups is 1. The number of sulfone groups is 1. The first-order valence-corrected chi connectivity index (χ1v) is 12.8. The zero-order valence-corrected chi connectivity index (χ0v) is 19.4. The van der Waals surface area contributed by atoms with E-state index in [0.29, 0.717) is 42.8 Å². The minimum atomic E-state index is -3.53. The molecule has 1 atom stereocenters. The van der Waals surface area contributed by atoms with Crippen LogP contribution in [0.1, 0.15) is 64.0 Å². The zero-order chi connectivity index (χ0) is 22.5. The van der Waals surface area contributed by atoms with Crippen molar-refractivity contribution in [2.75, 3.05) is 24.7 Å². The number of aromatic nitrogens is 2. The topological polar surface area (TPSA) is 114 Å². The number of hydrogen-bond acceptors (Lipinski definition) is 6. The second-order valence-corrected chi connectivity index (χ2v) is 10.7. The van der Waals surface area contributed by atoms with E-state index in [-0.39, 0.29) is 6.54 Å². The van der Waals surface area contributed by atoms with Crippen LogP contribution in [0.15, 0.2) is 35.1 Å². The predicted octanol–water partition coefficient (Wildman–Crippen LogP) is 3.72. The number of nitrogens with zero attached hydrogens (tertiary/aromatic N) is 4. The summed E-state index contributed by atoms with van der Waals surface area (Å²) < 4.78 is 23.4. The Bertz CT molecular complexity index is 1010. The summed E-state index contributed by atoms with van der Waals surface area (Å²) in [4.78, 5) is 6.75. The quantitative estimate of drug-likeness (QED) is 0.466. The van der Waals surface area contributed by atoms with Crippen LogP contribution in [-0.4, -0.2) is 53.4 Å². The molecule has 1 saturated carbocycles. The van der Waals surface area contributed by atoms with Gasteiger partial charge in [-0.05, 0) is 51.2 Å². The number of rotatable bonds is 8. The van der Waals surface area contributed by atoms with Gasteiger partial charge in [0.15, 0.2) is 20.4 Å². The normalized spacial score (nSPS) is 23.2. The summed E-state index contributed by atoms with van der Waals surface area (Å²) in [6.45, 7) is 4.78. The summed E-state index contributed by atoms with van der Waals surface area (Å²) in [5, 5.41) is 20.4. The van der Waals surface area contributed by atoms with E-state index >= 15 is 0 Å². The van der Waals surface area contributed by atoms with Crippen molar-refractivity contribution in [1.29, 1.82) is 5.26 Å². The number of anilines is 1. The Morgan fingerprint density at radius 1 is 1.52 bits per heavy atom. The van der Waals surface area contributed by atoms with Crippen LogP contribution >= 0.6 is 0 Å². The van der Waals surface area contributed by atoms with E-state index in [4.69, 9.17) is 4.99 Å². The van der Waals surface area contributed by atoms with Gasteiger partial charge in [0.05, 0.1) is 12.6 Å². The number of unbranched alkanes of at least 4 members (excludes halogenated alkanes) is 1. The third-order valence-corrected chi connectivity index (χ3v) is 7.58. The van der Waals surface area contributed by atoms with Gasteiger partial charge in [-0.2, -0.15) is 10.4 Å². The predicted molar refractivity (Wildman–Crippen MR) is 123 cm³/mol. The maximum Gasteiger partial charge on any atom is 0.175 e. The van der Waals surface area contributed by atoms with Crippen molar-refractivity contribution in [2.24, 2.45) is 4.99 Å². The molecule has 2 aliphatic rings. The van der Waals surface area contributed by atoms with Crippen molar-refractivity contribution in [3.8, 4) is 6.07 Å². The Balaban J connectivity index is 1.88. The largest absolute Gasteiger partial charge is 0.354 e. The molecule has 1 saturated heterocycles. The van der Waals surface area contributed by atoms with Crippen LogP contribution in [0.25, 0.3) is 0 Å². The molecule has 3 rings (SSSR count). The van der Waals surface area contributed by atoms with E-state index in [1.807, 2.05) is 36.1 Å². The first-order valence-electron chi connectivity index (χ1n) is 10.9. The highest BCUT2D eigenvalue weighted by molar-refractivity contribution is 7.92. The lowest BCUT2D eigenvalue weighted by atomic mass is 9.98. The number of amidine groups is 1. The fraction of sp³-hybridized carbons (Fsp3) is 0.591. The van der Waals surface area contributed by atoms with Gasteiger partial charge in [-0.1, -0.05) is 19.4 Å². The number of likely N-dealkylation sites (tertiary alicyclic amines) is 1. The van der Waals surface area contributed by atoms with Gasteiger partial charge in [-0.25, -0.2) is 13.4 Å². The van der Waals surface area contributed by atoms with Gasteiger partial charge >= 0.3 is 0 Å². The van der Waals surface area contributed by atoms with Gasteiger partial charge in [0.2, 0.25) is 0 Å². The summed E-state index contributed by atoms with van der Waals surface area (Å²) in [5.74, 6) is 2.58. The molecule has 0 radical (unpaired) electrons. The molecule has 1 aromatic rings. The lowest BCUT2D eigenvalue weighted by molar-refractivity contribution is 0.256. The van der Waals surface area contributed by atoms with E-state index in [9.17, 15) is 13.7 Å². The molecule has 0 aromatic carbocycles. The fourth-order valence-corrected chi connectivity index (χ4v) is 4.81. The molecule has 0 spiro atoms. The van der Waals surface area contributed by atoms with Crippen molar-refractivity contribution >= 4 is 21.5 Å². The Labute approximate surface area is 185 Å². The van der Waals surface area contributed by atoms with Gasteiger partial charge in [0.25, 0.3) is 0 Å². The number of piperidine rings is 1. The smallest absolute Gasteiger partial charge is 0.175 e. The van der Waals surface area contributed by atoms with Crippen molar-refractivity contribution in [3.05, 3.63) is 35.8 Å². The second-order valence-electron chi connectivity index (χ2n) is 8.36. The first-order chi connectivity index (χ1) is 14.8. The summed E-state index contributed by atoms with van der Waals surface area (Å²) in [6, 6.07) is 4.10. The first kappa shape index (κ1) is 23.1. The molecule has 168 valence electrons. The summed E-state index contributed by atoms with van der Waals surface area (Å²) in [6.07, 6.45) is 12.0. The molecule has 8 nitrogen and oxygen atoms in total. The van der Waals surface area contributed by atoms with Crippen LogP contribution in [0.5, 0.6) is 0 Å². The molecule has 1 aromatic heterocycles. The lowest BCUT2D eigenvalue weighted by Crippen LogP contribution is -2.51. The van der Waals surface area contributed by atoms with E-state index in [1.165, 1.54) is 12.8 Å². The van der Waals surface area contributed by atoms with Gasteiger partial charge in [0.1, 0.15) is 11.7 Å². The molecule has 31 heavy (non-hydrogen) atoms. The number of allylic oxidation sites excluding steroid dienone is 2. The van der Waals surface area contributed by atoms with Crippen molar-refractivity contribution in [2.45, 2.75) is 63.0 Å². The van der Waals surface area contributed by atoms with Crippen LogP contribution in [0, 0.1) is 11.3 Å². The highest BCUT2D eigenvalue weighted by atomic mass is 32.2. The summed E-state index contributed by atoms with van der Waals surface area (Å²) >= 11 is 0. The van der Waals surface area contributed by atoms with E-state index < -0.39 is 14.6 Å². The Kier molecular flexibility index (Phi) is 7.21. The van der Waals surface area contributed by atoms with Crippen LogP contribution in [-0.2, 0) is 9.84 Å². The summed E-state index contributed by atoms with van der Waals surface area (Å²) in [7, 11) is -3.53. The number of aromatic amines is 1. The average Bonchev–Trinajstić information content (AvgIpc) is 3.49. The lowest BCUT2D eigenvalue weighted by Gasteiger charge is -2.38. The van der Waals surface area contributed by atoms with Crippen LogP contribution in [0.4, 0.5) is 5.82 Å². The minimum Gasteiger partial charge on any atom is -0.354 e. The number of nitrogens with one attached hydrogen (secondary N) is 2. The van der Waals surface area contributed by atoms with Crippen molar-refractivity contribution in [3.63, 3.8) is 0 Å². The number of nitriles is 1. The average molecular weight is 445 g/mol. The van der Waals surface area contributed by atoms with Crippen molar-refractivity contribution < 1.29 is 8.42 Å². The molecule has 0 amide bonds.